The molecule has 0 aliphatic carbocycles. The second kappa shape index (κ2) is 3.91. The van der Waals surface area contributed by atoms with E-state index in [2.05, 4.69) is 19.2 Å². The fourth-order valence-corrected chi connectivity index (χ4v) is 0.528. The van der Waals surface area contributed by atoms with Crippen molar-refractivity contribution in [1.82, 2.24) is 5.32 Å². The highest BCUT2D eigenvalue weighted by Gasteiger charge is 2.15. The van der Waals surface area contributed by atoms with Gasteiger partial charge in [-0.25, -0.2) is 4.39 Å². The van der Waals surface area contributed by atoms with Gasteiger partial charge in [-0.1, -0.05) is 13.8 Å². The predicted octanol–water partition coefficient (Wildman–Crippen LogP) is 1.98. The van der Waals surface area contributed by atoms with Crippen LogP contribution in [-0.4, -0.2) is 18.8 Å². The molecular weight excluding hydrogens is 129 g/mol. The van der Waals surface area contributed by atoms with E-state index in [0.717, 1.165) is 6.54 Å². The van der Waals surface area contributed by atoms with Crippen molar-refractivity contribution in [3.8, 4) is 0 Å². The minimum absolute atomic E-state index is 0.306. The highest BCUT2D eigenvalue weighted by Crippen LogP contribution is 2.03. The standard InChI is InChI=1S/C8H18FN/c1-7(2)5-10-8(3,4)6-9/h7,10H,5-6H2,1-4H3. The van der Waals surface area contributed by atoms with Crippen LogP contribution in [0.2, 0.25) is 0 Å². The van der Waals surface area contributed by atoms with E-state index >= 15 is 0 Å². The molecule has 0 aromatic carbocycles. The Balaban J connectivity index is 3.46. The molecule has 0 spiro atoms. The van der Waals surface area contributed by atoms with Gasteiger partial charge in [0.2, 0.25) is 0 Å². The molecular formula is C8H18FN. The van der Waals surface area contributed by atoms with Crippen LogP contribution in [-0.2, 0) is 0 Å². The first-order valence-corrected chi connectivity index (χ1v) is 3.79. The van der Waals surface area contributed by atoms with Gasteiger partial charge in [-0.2, -0.15) is 0 Å². The smallest absolute Gasteiger partial charge is 0.107 e. The summed E-state index contributed by atoms with van der Waals surface area (Å²) in [4.78, 5) is 0. The first kappa shape index (κ1) is 9.89. The summed E-state index contributed by atoms with van der Waals surface area (Å²) in [5.74, 6) is 0.589. The van der Waals surface area contributed by atoms with E-state index in [-0.39, 0.29) is 12.2 Å². The molecule has 0 radical (unpaired) electrons. The van der Waals surface area contributed by atoms with Crippen LogP contribution in [0.5, 0.6) is 0 Å². The summed E-state index contributed by atoms with van der Waals surface area (Å²) in [7, 11) is 0. The Morgan fingerprint density at radius 3 is 2.20 bits per heavy atom. The maximum Gasteiger partial charge on any atom is 0.107 e. The van der Waals surface area contributed by atoms with Gasteiger partial charge in [-0.15, -0.1) is 0 Å². The summed E-state index contributed by atoms with van der Waals surface area (Å²) >= 11 is 0. The number of halogens is 1. The Morgan fingerprint density at radius 1 is 1.40 bits per heavy atom. The van der Waals surface area contributed by atoms with Crippen molar-refractivity contribution in [2.45, 2.75) is 33.2 Å². The van der Waals surface area contributed by atoms with Crippen LogP contribution in [0, 0.1) is 5.92 Å². The zero-order valence-electron chi connectivity index (χ0n) is 7.37. The van der Waals surface area contributed by atoms with Crippen LogP contribution in [0.1, 0.15) is 27.7 Å². The monoisotopic (exact) mass is 147 g/mol. The van der Waals surface area contributed by atoms with Crippen molar-refractivity contribution in [3.05, 3.63) is 0 Å². The van der Waals surface area contributed by atoms with Gasteiger partial charge in [0.05, 0.1) is 0 Å². The first-order chi connectivity index (χ1) is 4.48. The maximum absolute atomic E-state index is 12.2. The number of alkyl halides is 1. The van der Waals surface area contributed by atoms with Crippen LogP contribution in [0.25, 0.3) is 0 Å². The first-order valence-electron chi connectivity index (χ1n) is 3.79. The minimum atomic E-state index is -0.343. The molecule has 0 aliphatic heterocycles. The molecule has 1 nitrogen and oxygen atoms in total. The maximum atomic E-state index is 12.2. The third kappa shape index (κ3) is 4.74. The molecule has 0 saturated carbocycles. The molecule has 0 bridgehead atoms. The fourth-order valence-electron chi connectivity index (χ4n) is 0.528. The van der Waals surface area contributed by atoms with Gasteiger partial charge >= 0.3 is 0 Å². The molecule has 0 aliphatic rings. The summed E-state index contributed by atoms with van der Waals surface area (Å²) in [5, 5.41) is 3.13. The second-order valence-corrected chi connectivity index (χ2v) is 3.79. The number of hydrogen-bond donors (Lipinski definition) is 1. The lowest BCUT2D eigenvalue weighted by Crippen LogP contribution is -2.43. The normalized spacial score (nSPS) is 12.6. The number of nitrogens with one attached hydrogen (secondary N) is 1. The van der Waals surface area contributed by atoms with Gasteiger partial charge in [-0.05, 0) is 26.3 Å². The van der Waals surface area contributed by atoms with E-state index < -0.39 is 0 Å². The summed E-state index contributed by atoms with van der Waals surface area (Å²) in [5.41, 5.74) is -0.343. The molecule has 0 atom stereocenters. The molecule has 0 unspecified atom stereocenters. The fraction of sp³-hybridized carbons (Fsp3) is 1.00. The highest BCUT2D eigenvalue weighted by atomic mass is 19.1. The minimum Gasteiger partial charge on any atom is -0.309 e. The molecule has 0 aromatic heterocycles. The Kier molecular flexibility index (Phi) is 3.87. The van der Waals surface area contributed by atoms with Gasteiger partial charge < -0.3 is 5.32 Å². The molecule has 0 amide bonds. The molecule has 0 rings (SSSR count). The second-order valence-electron chi connectivity index (χ2n) is 3.79. The Labute approximate surface area is 63.0 Å². The van der Waals surface area contributed by atoms with E-state index in [4.69, 9.17) is 0 Å². The van der Waals surface area contributed by atoms with Crippen LogP contribution in [0.3, 0.4) is 0 Å². The van der Waals surface area contributed by atoms with Gasteiger partial charge in [0.25, 0.3) is 0 Å². The average molecular weight is 147 g/mol. The Bertz CT molecular complexity index is 89.3. The summed E-state index contributed by atoms with van der Waals surface area (Å²) < 4.78 is 12.2. The zero-order valence-corrected chi connectivity index (χ0v) is 7.37. The molecule has 62 valence electrons. The van der Waals surface area contributed by atoms with Gasteiger partial charge in [0.1, 0.15) is 6.67 Å². The lowest BCUT2D eigenvalue weighted by molar-refractivity contribution is 0.278. The average Bonchev–Trinajstić information content (AvgIpc) is 1.85. The van der Waals surface area contributed by atoms with Gasteiger partial charge in [-0.3, -0.25) is 0 Å². The third-order valence-electron chi connectivity index (χ3n) is 1.32. The third-order valence-corrected chi connectivity index (χ3v) is 1.32. The lowest BCUT2D eigenvalue weighted by atomic mass is 10.1. The van der Waals surface area contributed by atoms with Crippen molar-refractivity contribution < 1.29 is 4.39 Å². The number of rotatable bonds is 4. The Hall–Kier alpha value is -0.110. The molecule has 2 heteroatoms. The van der Waals surface area contributed by atoms with Crippen LogP contribution in [0.15, 0.2) is 0 Å². The molecule has 0 saturated heterocycles. The summed E-state index contributed by atoms with van der Waals surface area (Å²) in [6, 6.07) is 0. The number of hydrogen-bond acceptors (Lipinski definition) is 1. The van der Waals surface area contributed by atoms with E-state index in [1.807, 2.05) is 13.8 Å². The SMILES string of the molecule is CC(C)CNC(C)(C)CF. The quantitative estimate of drug-likeness (QED) is 0.641. The topological polar surface area (TPSA) is 12.0 Å². The Morgan fingerprint density at radius 2 is 1.90 bits per heavy atom. The van der Waals surface area contributed by atoms with Crippen molar-refractivity contribution >= 4 is 0 Å². The molecule has 0 heterocycles. The van der Waals surface area contributed by atoms with E-state index in [9.17, 15) is 4.39 Å². The van der Waals surface area contributed by atoms with Gasteiger partial charge in [0.15, 0.2) is 0 Å². The van der Waals surface area contributed by atoms with Crippen molar-refractivity contribution in [1.29, 1.82) is 0 Å². The van der Waals surface area contributed by atoms with Crippen LogP contribution < -0.4 is 5.32 Å². The zero-order chi connectivity index (χ0) is 8.20. The van der Waals surface area contributed by atoms with Crippen molar-refractivity contribution in [2.24, 2.45) is 5.92 Å². The van der Waals surface area contributed by atoms with Crippen LogP contribution in [0.4, 0.5) is 4.39 Å². The summed E-state index contributed by atoms with van der Waals surface area (Å²) in [6.07, 6.45) is 0. The highest BCUT2D eigenvalue weighted by molar-refractivity contribution is 4.76. The molecule has 1 N–H and O–H groups in total. The van der Waals surface area contributed by atoms with Crippen molar-refractivity contribution in [3.63, 3.8) is 0 Å². The van der Waals surface area contributed by atoms with E-state index in [1.54, 1.807) is 0 Å². The molecule has 0 fully saturated rings. The van der Waals surface area contributed by atoms with E-state index in [0.29, 0.717) is 5.92 Å². The predicted molar refractivity (Wildman–Crippen MR) is 42.9 cm³/mol. The summed E-state index contributed by atoms with van der Waals surface area (Å²) in [6.45, 7) is 8.55. The van der Waals surface area contributed by atoms with Gasteiger partial charge in [0, 0.05) is 5.54 Å². The van der Waals surface area contributed by atoms with E-state index in [1.165, 1.54) is 0 Å². The lowest BCUT2D eigenvalue weighted by Gasteiger charge is -2.23. The molecule has 0 aromatic rings. The van der Waals surface area contributed by atoms with Crippen molar-refractivity contribution in [2.75, 3.05) is 13.2 Å². The van der Waals surface area contributed by atoms with Crippen LogP contribution >= 0.6 is 0 Å². The molecule has 10 heavy (non-hydrogen) atoms. The largest absolute Gasteiger partial charge is 0.309 e.